The summed E-state index contributed by atoms with van der Waals surface area (Å²) in [5, 5.41) is 4.35. The molecule has 0 aromatic heterocycles. The van der Waals surface area contributed by atoms with E-state index in [1.807, 2.05) is 0 Å². The molecule has 1 aliphatic rings. The number of halogens is 1. The van der Waals surface area contributed by atoms with Crippen LogP contribution in [-0.2, 0) is 6.42 Å². The second-order valence-corrected chi connectivity index (χ2v) is 6.12. The van der Waals surface area contributed by atoms with E-state index in [2.05, 4.69) is 42.3 Å². The van der Waals surface area contributed by atoms with E-state index >= 15 is 0 Å². The van der Waals surface area contributed by atoms with Gasteiger partial charge in [-0.2, -0.15) is 0 Å². The van der Waals surface area contributed by atoms with Crippen molar-refractivity contribution in [3.63, 3.8) is 0 Å². The molecule has 0 atom stereocenters. The summed E-state index contributed by atoms with van der Waals surface area (Å²) in [6.07, 6.45) is 3.43. The van der Waals surface area contributed by atoms with E-state index < -0.39 is 0 Å². The minimum absolute atomic E-state index is 0.602. The van der Waals surface area contributed by atoms with Crippen LogP contribution in [0.1, 0.15) is 43.7 Å². The molecule has 1 saturated heterocycles. The van der Waals surface area contributed by atoms with Crippen molar-refractivity contribution in [1.82, 2.24) is 10.2 Å². The first kappa shape index (κ1) is 15.8. The van der Waals surface area contributed by atoms with Crippen LogP contribution in [0.15, 0.2) is 18.2 Å². The molecule has 0 spiro atoms. The normalized spacial score (nSPS) is 16.8. The maximum atomic E-state index is 6.48. The highest BCUT2D eigenvalue weighted by Crippen LogP contribution is 2.30. The molecular formula is C17H27ClN2. The number of hydrogen-bond donors (Lipinski definition) is 1. The van der Waals surface area contributed by atoms with Gasteiger partial charge in [-0.25, -0.2) is 0 Å². The standard InChI is InChI=1S/C17H27ClN2/c1-3-15(4-2)16-6-5-14(13-17(16)18)7-10-20-11-8-19-9-12-20/h5-6,13,15,19H,3-4,7-12H2,1-2H3. The molecule has 0 amide bonds. The Morgan fingerprint density at radius 3 is 2.50 bits per heavy atom. The Hall–Kier alpha value is -0.570. The lowest BCUT2D eigenvalue weighted by atomic mass is 9.93. The molecule has 0 bridgehead atoms. The van der Waals surface area contributed by atoms with Crippen LogP contribution in [0.25, 0.3) is 0 Å². The Balaban J connectivity index is 1.94. The van der Waals surface area contributed by atoms with Crippen LogP contribution in [0.5, 0.6) is 0 Å². The summed E-state index contributed by atoms with van der Waals surface area (Å²) in [4.78, 5) is 2.53. The van der Waals surface area contributed by atoms with Crippen molar-refractivity contribution in [2.75, 3.05) is 32.7 Å². The summed E-state index contributed by atoms with van der Waals surface area (Å²) in [5.74, 6) is 0.602. The lowest BCUT2D eigenvalue weighted by Gasteiger charge is -2.27. The van der Waals surface area contributed by atoms with Crippen LogP contribution in [-0.4, -0.2) is 37.6 Å². The fourth-order valence-corrected chi connectivity index (χ4v) is 3.37. The van der Waals surface area contributed by atoms with Crippen LogP contribution in [0, 0.1) is 0 Å². The third kappa shape index (κ3) is 4.21. The van der Waals surface area contributed by atoms with Crippen molar-refractivity contribution >= 4 is 11.6 Å². The molecule has 2 nitrogen and oxygen atoms in total. The molecule has 0 radical (unpaired) electrons. The van der Waals surface area contributed by atoms with Crippen molar-refractivity contribution in [3.05, 3.63) is 34.3 Å². The van der Waals surface area contributed by atoms with Crippen molar-refractivity contribution in [2.24, 2.45) is 0 Å². The molecule has 0 unspecified atom stereocenters. The number of rotatable bonds is 6. The summed E-state index contributed by atoms with van der Waals surface area (Å²) in [6.45, 7) is 10.2. The summed E-state index contributed by atoms with van der Waals surface area (Å²) >= 11 is 6.48. The third-order valence-corrected chi connectivity index (χ3v) is 4.74. The first-order valence-electron chi connectivity index (χ1n) is 7.96. The van der Waals surface area contributed by atoms with Gasteiger partial charge in [0.05, 0.1) is 0 Å². The summed E-state index contributed by atoms with van der Waals surface area (Å²) in [5.41, 5.74) is 2.69. The van der Waals surface area contributed by atoms with Gasteiger partial charge in [0, 0.05) is 37.7 Å². The Bertz CT molecular complexity index is 409. The van der Waals surface area contributed by atoms with Gasteiger partial charge in [-0.15, -0.1) is 0 Å². The van der Waals surface area contributed by atoms with Crippen LogP contribution >= 0.6 is 11.6 Å². The number of nitrogens with one attached hydrogen (secondary N) is 1. The lowest BCUT2D eigenvalue weighted by molar-refractivity contribution is 0.244. The van der Waals surface area contributed by atoms with Crippen LogP contribution in [0.2, 0.25) is 5.02 Å². The molecular weight excluding hydrogens is 268 g/mol. The van der Waals surface area contributed by atoms with Gasteiger partial charge in [0.25, 0.3) is 0 Å². The van der Waals surface area contributed by atoms with Gasteiger partial charge in [-0.3, -0.25) is 0 Å². The lowest BCUT2D eigenvalue weighted by Crippen LogP contribution is -2.44. The van der Waals surface area contributed by atoms with Crippen molar-refractivity contribution in [3.8, 4) is 0 Å². The van der Waals surface area contributed by atoms with Crippen LogP contribution in [0.3, 0.4) is 0 Å². The van der Waals surface area contributed by atoms with E-state index in [0.717, 1.165) is 43.9 Å². The Morgan fingerprint density at radius 2 is 1.90 bits per heavy atom. The zero-order chi connectivity index (χ0) is 14.4. The molecule has 1 N–H and O–H groups in total. The number of benzene rings is 1. The number of hydrogen-bond acceptors (Lipinski definition) is 2. The van der Waals surface area contributed by atoms with Gasteiger partial charge in [0.2, 0.25) is 0 Å². The molecule has 20 heavy (non-hydrogen) atoms. The second kappa shape index (κ2) is 8.02. The van der Waals surface area contributed by atoms with E-state index in [1.165, 1.54) is 24.2 Å². The van der Waals surface area contributed by atoms with E-state index in [0.29, 0.717) is 5.92 Å². The second-order valence-electron chi connectivity index (χ2n) is 5.71. The quantitative estimate of drug-likeness (QED) is 0.861. The minimum atomic E-state index is 0.602. The Kier molecular flexibility index (Phi) is 6.34. The molecule has 0 aliphatic carbocycles. The smallest absolute Gasteiger partial charge is 0.0443 e. The van der Waals surface area contributed by atoms with E-state index in [4.69, 9.17) is 11.6 Å². The maximum absolute atomic E-state index is 6.48. The van der Waals surface area contributed by atoms with Gasteiger partial charge >= 0.3 is 0 Å². The molecule has 112 valence electrons. The van der Waals surface area contributed by atoms with E-state index in [9.17, 15) is 0 Å². The van der Waals surface area contributed by atoms with Gasteiger partial charge < -0.3 is 10.2 Å². The van der Waals surface area contributed by atoms with Gasteiger partial charge in [-0.05, 0) is 42.4 Å². The molecule has 0 saturated carbocycles. The summed E-state index contributed by atoms with van der Waals surface area (Å²) < 4.78 is 0. The summed E-state index contributed by atoms with van der Waals surface area (Å²) in [6, 6.07) is 6.69. The minimum Gasteiger partial charge on any atom is -0.314 e. The SMILES string of the molecule is CCC(CC)c1ccc(CCN2CCNCC2)cc1Cl. The predicted octanol–water partition coefficient (Wildman–Crippen LogP) is 3.69. The molecule has 1 heterocycles. The van der Waals surface area contributed by atoms with E-state index in [1.54, 1.807) is 0 Å². The topological polar surface area (TPSA) is 15.3 Å². The highest BCUT2D eigenvalue weighted by Gasteiger charge is 2.12. The Morgan fingerprint density at radius 1 is 1.20 bits per heavy atom. The van der Waals surface area contributed by atoms with Crippen molar-refractivity contribution < 1.29 is 0 Å². The average molecular weight is 295 g/mol. The largest absolute Gasteiger partial charge is 0.314 e. The van der Waals surface area contributed by atoms with Gasteiger partial charge in [0.1, 0.15) is 0 Å². The monoisotopic (exact) mass is 294 g/mol. The van der Waals surface area contributed by atoms with Crippen molar-refractivity contribution in [1.29, 1.82) is 0 Å². The van der Waals surface area contributed by atoms with E-state index in [-0.39, 0.29) is 0 Å². The number of nitrogens with zero attached hydrogens (tertiary/aromatic N) is 1. The highest BCUT2D eigenvalue weighted by molar-refractivity contribution is 6.31. The molecule has 2 rings (SSSR count). The highest BCUT2D eigenvalue weighted by atomic mass is 35.5. The first-order chi connectivity index (χ1) is 9.74. The zero-order valence-corrected chi connectivity index (χ0v) is 13.5. The first-order valence-corrected chi connectivity index (χ1v) is 8.33. The third-order valence-electron chi connectivity index (χ3n) is 4.42. The van der Waals surface area contributed by atoms with Gasteiger partial charge in [-0.1, -0.05) is 37.6 Å². The van der Waals surface area contributed by atoms with Crippen molar-refractivity contribution in [2.45, 2.75) is 39.0 Å². The molecule has 1 aliphatic heterocycles. The molecule has 1 aromatic rings. The average Bonchev–Trinajstić information content (AvgIpc) is 2.49. The van der Waals surface area contributed by atoms with Gasteiger partial charge in [0.15, 0.2) is 0 Å². The fraction of sp³-hybridized carbons (Fsp3) is 0.647. The molecule has 1 aromatic carbocycles. The summed E-state index contributed by atoms with van der Waals surface area (Å²) in [7, 11) is 0. The molecule has 3 heteroatoms. The number of piperazine rings is 1. The molecule has 1 fully saturated rings. The van der Waals surface area contributed by atoms with Crippen LogP contribution < -0.4 is 5.32 Å². The van der Waals surface area contributed by atoms with Crippen LogP contribution in [0.4, 0.5) is 0 Å². The zero-order valence-electron chi connectivity index (χ0n) is 12.8. The predicted molar refractivity (Wildman–Crippen MR) is 87.8 cm³/mol. The fourth-order valence-electron chi connectivity index (χ4n) is 3.01. The Labute approximate surface area is 128 Å². The maximum Gasteiger partial charge on any atom is 0.0443 e.